The van der Waals surface area contributed by atoms with E-state index in [1.807, 2.05) is 0 Å². The normalized spacial score (nSPS) is 11.9. The molecule has 1 unspecified atom stereocenters. The van der Waals surface area contributed by atoms with Crippen molar-refractivity contribution in [2.24, 2.45) is 0 Å². The van der Waals surface area contributed by atoms with Gasteiger partial charge in [0.1, 0.15) is 0 Å². The number of methoxy groups -OCH3 is 1. The maximum atomic E-state index is 11.7. The van der Waals surface area contributed by atoms with E-state index in [1.54, 1.807) is 12.1 Å². The lowest BCUT2D eigenvalue weighted by Crippen LogP contribution is -2.43. The number of ether oxygens (including phenoxy) is 1. The molecule has 1 rings (SSSR count). The molecule has 17 heavy (non-hydrogen) atoms. The lowest BCUT2D eigenvalue weighted by Gasteiger charge is -2.13. The Morgan fingerprint density at radius 2 is 2.00 bits per heavy atom. The van der Waals surface area contributed by atoms with Gasteiger partial charge < -0.3 is 15.2 Å². The molecule has 0 saturated heterocycles. The molecule has 1 atom stereocenters. The molecule has 1 aromatic rings. The van der Waals surface area contributed by atoms with Crippen LogP contribution in [0.15, 0.2) is 24.3 Å². The maximum Gasteiger partial charge on any atom is 0.328 e. The molecule has 0 radical (unpaired) electrons. The van der Waals surface area contributed by atoms with Gasteiger partial charge in [-0.05, 0) is 24.3 Å². The van der Waals surface area contributed by atoms with Crippen molar-refractivity contribution in [2.45, 2.75) is 6.04 Å². The van der Waals surface area contributed by atoms with Gasteiger partial charge in [0, 0.05) is 17.7 Å². The van der Waals surface area contributed by atoms with Gasteiger partial charge in [0.05, 0.1) is 6.61 Å². The van der Waals surface area contributed by atoms with E-state index in [-0.39, 0.29) is 6.61 Å². The van der Waals surface area contributed by atoms with Crippen LogP contribution in [-0.2, 0) is 9.53 Å². The van der Waals surface area contributed by atoms with Crippen molar-refractivity contribution in [3.63, 3.8) is 0 Å². The molecule has 0 aliphatic heterocycles. The van der Waals surface area contributed by atoms with Crippen LogP contribution in [0.25, 0.3) is 0 Å². The predicted molar refractivity (Wildman–Crippen MR) is 62.2 cm³/mol. The molecule has 1 aromatic carbocycles. The fourth-order valence-corrected chi connectivity index (χ4v) is 1.31. The number of carbonyl (C=O) groups excluding carboxylic acids is 1. The van der Waals surface area contributed by atoms with E-state index in [0.717, 1.165) is 0 Å². The van der Waals surface area contributed by atoms with Crippen molar-refractivity contribution < 1.29 is 19.4 Å². The monoisotopic (exact) mass is 257 g/mol. The van der Waals surface area contributed by atoms with Crippen LogP contribution in [0.1, 0.15) is 10.4 Å². The first-order valence-electron chi connectivity index (χ1n) is 4.82. The average Bonchev–Trinajstić information content (AvgIpc) is 2.29. The summed E-state index contributed by atoms with van der Waals surface area (Å²) in [4.78, 5) is 22.5. The number of amides is 1. The standard InChI is InChI=1S/C11H12ClNO4/c1-17-6-9(11(15)16)13-10(14)7-2-4-8(12)5-3-7/h2-5,9H,6H2,1H3,(H,13,14)(H,15,16). The zero-order valence-electron chi connectivity index (χ0n) is 9.14. The Kier molecular flexibility index (Phi) is 4.93. The number of carboxylic acid groups (broad SMARTS) is 1. The molecule has 6 heteroatoms. The van der Waals surface area contributed by atoms with Crippen molar-refractivity contribution in [3.05, 3.63) is 34.9 Å². The third-order valence-corrected chi connectivity index (χ3v) is 2.30. The van der Waals surface area contributed by atoms with E-state index in [2.05, 4.69) is 5.32 Å². The summed E-state index contributed by atoms with van der Waals surface area (Å²) in [6.07, 6.45) is 0. The summed E-state index contributed by atoms with van der Waals surface area (Å²) in [7, 11) is 1.37. The van der Waals surface area contributed by atoms with Crippen molar-refractivity contribution in [3.8, 4) is 0 Å². The van der Waals surface area contributed by atoms with Crippen LogP contribution in [0.3, 0.4) is 0 Å². The second-order valence-electron chi connectivity index (χ2n) is 3.33. The molecule has 0 heterocycles. The van der Waals surface area contributed by atoms with E-state index in [1.165, 1.54) is 19.2 Å². The van der Waals surface area contributed by atoms with E-state index < -0.39 is 17.9 Å². The predicted octanol–water partition coefficient (Wildman–Crippen LogP) is 1.17. The largest absolute Gasteiger partial charge is 0.480 e. The highest BCUT2D eigenvalue weighted by molar-refractivity contribution is 6.30. The molecule has 92 valence electrons. The fraction of sp³-hybridized carbons (Fsp3) is 0.273. The molecule has 0 aromatic heterocycles. The van der Waals surface area contributed by atoms with Crippen LogP contribution in [0, 0.1) is 0 Å². The average molecular weight is 258 g/mol. The zero-order chi connectivity index (χ0) is 12.8. The molecular weight excluding hydrogens is 246 g/mol. The second kappa shape index (κ2) is 6.22. The SMILES string of the molecule is COCC(NC(=O)c1ccc(Cl)cc1)C(=O)O. The minimum atomic E-state index is -1.14. The summed E-state index contributed by atoms with van der Waals surface area (Å²) in [5.74, 6) is -1.62. The molecule has 0 bridgehead atoms. The van der Waals surface area contributed by atoms with E-state index >= 15 is 0 Å². The first-order chi connectivity index (χ1) is 8.04. The van der Waals surface area contributed by atoms with Crippen LogP contribution < -0.4 is 5.32 Å². The maximum absolute atomic E-state index is 11.7. The van der Waals surface area contributed by atoms with Gasteiger partial charge in [0.25, 0.3) is 5.91 Å². The summed E-state index contributed by atoms with van der Waals surface area (Å²) in [6, 6.07) is 5.08. The number of nitrogens with one attached hydrogen (secondary N) is 1. The molecule has 0 aliphatic carbocycles. The summed E-state index contributed by atoms with van der Waals surface area (Å²) >= 11 is 5.68. The summed E-state index contributed by atoms with van der Waals surface area (Å²) in [6.45, 7) is -0.0886. The van der Waals surface area contributed by atoms with Crippen LogP contribution in [0.4, 0.5) is 0 Å². The quantitative estimate of drug-likeness (QED) is 0.830. The molecule has 0 spiro atoms. The van der Waals surface area contributed by atoms with Crippen LogP contribution in [0.5, 0.6) is 0 Å². The summed E-state index contributed by atoms with van der Waals surface area (Å²) < 4.78 is 4.70. The molecule has 5 nitrogen and oxygen atoms in total. The molecular formula is C11H12ClNO4. The van der Waals surface area contributed by atoms with E-state index in [9.17, 15) is 9.59 Å². The van der Waals surface area contributed by atoms with Crippen LogP contribution in [0.2, 0.25) is 5.02 Å². The van der Waals surface area contributed by atoms with Crippen molar-refractivity contribution >= 4 is 23.5 Å². The van der Waals surface area contributed by atoms with E-state index in [0.29, 0.717) is 10.6 Å². The Bertz CT molecular complexity index is 404. The number of carboxylic acids is 1. The second-order valence-corrected chi connectivity index (χ2v) is 3.76. The first kappa shape index (κ1) is 13.5. The lowest BCUT2D eigenvalue weighted by molar-refractivity contribution is -0.140. The highest BCUT2D eigenvalue weighted by atomic mass is 35.5. The smallest absolute Gasteiger partial charge is 0.328 e. The third kappa shape index (κ3) is 4.05. The number of hydrogen-bond donors (Lipinski definition) is 2. The molecule has 0 aliphatic rings. The Morgan fingerprint density at radius 1 is 1.41 bits per heavy atom. The van der Waals surface area contributed by atoms with Gasteiger partial charge in [-0.2, -0.15) is 0 Å². The van der Waals surface area contributed by atoms with Gasteiger partial charge in [0.2, 0.25) is 0 Å². The number of carbonyl (C=O) groups is 2. The first-order valence-corrected chi connectivity index (χ1v) is 5.20. The topological polar surface area (TPSA) is 75.6 Å². The van der Waals surface area contributed by atoms with Crippen LogP contribution >= 0.6 is 11.6 Å². The fourth-order valence-electron chi connectivity index (χ4n) is 1.18. The Labute approximate surface area is 103 Å². The highest BCUT2D eigenvalue weighted by Gasteiger charge is 2.20. The highest BCUT2D eigenvalue weighted by Crippen LogP contribution is 2.09. The van der Waals surface area contributed by atoms with Gasteiger partial charge in [0.15, 0.2) is 6.04 Å². The lowest BCUT2D eigenvalue weighted by atomic mass is 10.2. The van der Waals surface area contributed by atoms with E-state index in [4.69, 9.17) is 21.4 Å². The number of halogens is 1. The molecule has 0 saturated carbocycles. The Morgan fingerprint density at radius 3 is 2.47 bits per heavy atom. The van der Waals surface area contributed by atoms with Crippen molar-refractivity contribution in [1.82, 2.24) is 5.32 Å². The van der Waals surface area contributed by atoms with Gasteiger partial charge in [-0.25, -0.2) is 4.79 Å². The van der Waals surface area contributed by atoms with Gasteiger partial charge in [-0.1, -0.05) is 11.6 Å². The van der Waals surface area contributed by atoms with Gasteiger partial charge >= 0.3 is 5.97 Å². The molecule has 0 fully saturated rings. The Balaban J connectivity index is 2.70. The zero-order valence-corrected chi connectivity index (χ0v) is 9.90. The number of hydrogen-bond acceptors (Lipinski definition) is 3. The van der Waals surface area contributed by atoms with Gasteiger partial charge in [-0.15, -0.1) is 0 Å². The minimum Gasteiger partial charge on any atom is -0.480 e. The van der Waals surface area contributed by atoms with Crippen molar-refractivity contribution in [1.29, 1.82) is 0 Å². The van der Waals surface area contributed by atoms with Crippen molar-refractivity contribution in [2.75, 3.05) is 13.7 Å². The number of benzene rings is 1. The van der Waals surface area contributed by atoms with Crippen LogP contribution in [-0.4, -0.2) is 36.7 Å². The number of aliphatic carboxylic acids is 1. The summed E-state index contributed by atoms with van der Waals surface area (Å²) in [5, 5.41) is 11.7. The molecule has 2 N–H and O–H groups in total. The summed E-state index contributed by atoms with van der Waals surface area (Å²) in [5.41, 5.74) is 0.344. The number of rotatable bonds is 5. The minimum absolute atomic E-state index is 0.0886. The Hall–Kier alpha value is -1.59. The van der Waals surface area contributed by atoms with Gasteiger partial charge in [-0.3, -0.25) is 4.79 Å². The third-order valence-electron chi connectivity index (χ3n) is 2.04. The molecule has 1 amide bonds.